The van der Waals surface area contributed by atoms with Crippen LogP contribution in [-0.2, 0) is 11.3 Å². The molecule has 0 aromatic heterocycles. The first-order valence-corrected chi connectivity index (χ1v) is 7.54. The fourth-order valence-electron chi connectivity index (χ4n) is 2.05. The van der Waals surface area contributed by atoms with Gasteiger partial charge in [0.05, 0.1) is 6.61 Å². The molecule has 1 rings (SSSR count). The van der Waals surface area contributed by atoms with Gasteiger partial charge in [0.15, 0.2) is 0 Å². The molecule has 0 aliphatic heterocycles. The Labute approximate surface area is 127 Å². The van der Waals surface area contributed by atoms with E-state index in [2.05, 4.69) is 24.1 Å². The third-order valence-corrected chi connectivity index (χ3v) is 3.38. The number of nitrogens with one attached hydrogen (secondary N) is 1. The van der Waals surface area contributed by atoms with Crippen LogP contribution in [0, 0.1) is 5.82 Å². The molecular weight excluding hydrogens is 271 g/mol. The summed E-state index contributed by atoms with van der Waals surface area (Å²) in [5.41, 5.74) is 0.839. The van der Waals surface area contributed by atoms with Crippen molar-refractivity contribution in [2.45, 2.75) is 20.4 Å². The number of rotatable bonds is 11. The van der Waals surface area contributed by atoms with Crippen molar-refractivity contribution < 1.29 is 13.9 Å². The van der Waals surface area contributed by atoms with Crippen molar-refractivity contribution in [2.24, 2.45) is 0 Å². The van der Waals surface area contributed by atoms with Gasteiger partial charge in [-0.25, -0.2) is 4.39 Å². The second-order valence-electron chi connectivity index (χ2n) is 4.80. The second-order valence-corrected chi connectivity index (χ2v) is 4.80. The number of halogens is 1. The van der Waals surface area contributed by atoms with Crippen LogP contribution in [-0.4, -0.2) is 51.4 Å². The highest BCUT2D eigenvalue weighted by molar-refractivity contribution is 5.33. The molecule has 0 amide bonds. The molecule has 21 heavy (non-hydrogen) atoms. The number of hydrogen-bond acceptors (Lipinski definition) is 4. The summed E-state index contributed by atoms with van der Waals surface area (Å²) in [4.78, 5) is 2.29. The van der Waals surface area contributed by atoms with Crippen LogP contribution in [0.2, 0.25) is 0 Å². The van der Waals surface area contributed by atoms with Crippen LogP contribution in [0.25, 0.3) is 0 Å². The Hall–Kier alpha value is -1.17. The van der Waals surface area contributed by atoms with Crippen LogP contribution >= 0.6 is 0 Å². The van der Waals surface area contributed by atoms with Gasteiger partial charge in [0, 0.05) is 32.3 Å². The van der Waals surface area contributed by atoms with Gasteiger partial charge in [-0.3, -0.25) is 0 Å². The van der Waals surface area contributed by atoms with Gasteiger partial charge in [0.25, 0.3) is 0 Å². The fraction of sp³-hybridized carbons (Fsp3) is 0.625. The Morgan fingerprint density at radius 2 is 1.95 bits per heavy atom. The quantitative estimate of drug-likeness (QED) is 0.636. The zero-order valence-electron chi connectivity index (χ0n) is 13.3. The highest BCUT2D eigenvalue weighted by Gasteiger charge is 2.06. The molecule has 0 saturated heterocycles. The molecule has 0 spiro atoms. The number of nitrogens with zero attached hydrogens (tertiary/aromatic N) is 1. The number of benzene rings is 1. The predicted octanol–water partition coefficient (Wildman–Crippen LogP) is 2.28. The molecule has 0 aliphatic rings. The lowest BCUT2D eigenvalue weighted by Crippen LogP contribution is -2.28. The van der Waals surface area contributed by atoms with Gasteiger partial charge in [-0.15, -0.1) is 0 Å². The fourth-order valence-corrected chi connectivity index (χ4v) is 2.05. The zero-order valence-corrected chi connectivity index (χ0v) is 13.3. The summed E-state index contributed by atoms with van der Waals surface area (Å²) < 4.78 is 24.1. The summed E-state index contributed by atoms with van der Waals surface area (Å²) in [6.07, 6.45) is 0. The van der Waals surface area contributed by atoms with E-state index in [0.717, 1.165) is 37.5 Å². The van der Waals surface area contributed by atoms with E-state index in [1.807, 2.05) is 0 Å². The molecule has 0 saturated carbocycles. The van der Waals surface area contributed by atoms with Crippen molar-refractivity contribution in [1.29, 1.82) is 0 Å². The minimum absolute atomic E-state index is 0.241. The third-order valence-electron chi connectivity index (χ3n) is 3.38. The standard InChI is InChI=1S/C16H27FN2O2/c1-4-19(5-2)9-11-21-16-7-6-15(17)12-14(16)13-18-8-10-20-3/h6-7,12,18H,4-5,8-11,13H2,1-3H3. The molecule has 1 aromatic carbocycles. The van der Waals surface area contributed by atoms with Gasteiger partial charge >= 0.3 is 0 Å². The first kappa shape index (κ1) is 17.9. The van der Waals surface area contributed by atoms with Gasteiger partial charge in [-0.05, 0) is 31.3 Å². The van der Waals surface area contributed by atoms with Gasteiger partial charge < -0.3 is 19.7 Å². The number of hydrogen-bond donors (Lipinski definition) is 1. The number of likely N-dealkylation sites (N-methyl/N-ethyl adjacent to an activating group) is 1. The lowest BCUT2D eigenvalue weighted by molar-refractivity contribution is 0.198. The topological polar surface area (TPSA) is 33.7 Å². The molecule has 4 nitrogen and oxygen atoms in total. The van der Waals surface area contributed by atoms with Crippen LogP contribution in [0.3, 0.4) is 0 Å². The van der Waals surface area contributed by atoms with Gasteiger partial charge in [0.2, 0.25) is 0 Å². The van der Waals surface area contributed by atoms with Crippen LogP contribution in [0.15, 0.2) is 18.2 Å². The maximum atomic E-state index is 13.4. The average Bonchev–Trinajstić information content (AvgIpc) is 2.50. The molecule has 0 atom stereocenters. The van der Waals surface area contributed by atoms with E-state index in [1.165, 1.54) is 12.1 Å². The van der Waals surface area contributed by atoms with Crippen molar-refractivity contribution in [1.82, 2.24) is 10.2 Å². The minimum Gasteiger partial charge on any atom is -0.492 e. The number of methoxy groups -OCH3 is 1. The van der Waals surface area contributed by atoms with E-state index in [-0.39, 0.29) is 5.82 Å². The molecule has 5 heteroatoms. The molecule has 1 aromatic rings. The van der Waals surface area contributed by atoms with Gasteiger partial charge in [-0.2, -0.15) is 0 Å². The Morgan fingerprint density at radius 3 is 2.62 bits per heavy atom. The molecule has 1 N–H and O–H groups in total. The van der Waals surface area contributed by atoms with E-state index in [0.29, 0.717) is 19.8 Å². The summed E-state index contributed by atoms with van der Waals surface area (Å²) >= 11 is 0. The van der Waals surface area contributed by atoms with Crippen LogP contribution in [0.5, 0.6) is 5.75 Å². The molecule has 0 fully saturated rings. The molecular formula is C16H27FN2O2. The summed E-state index contributed by atoms with van der Waals surface area (Å²) in [5.74, 6) is 0.503. The highest BCUT2D eigenvalue weighted by Crippen LogP contribution is 2.19. The SMILES string of the molecule is CCN(CC)CCOc1ccc(F)cc1CNCCOC. The largest absolute Gasteiger partial charge is 0.492 e. The summed E-state index contributed by atoms with van der Waals surface area (Å²) in [6.45, 7) is 9.70. The van der Waals surface area contributed by atoms with Crippen molar-refractivity contribution in [3.8, 4) is 5.75 Å². The Bertz CT molecular complexity index is 398. The Kier molecular flexibility index (Phi) is 8.98. The van der Waals surface area contributed by atoms with Crippen LogP contribution in [0.4, 0.5) is 4.39 Å². The maximum Gasteiger partial charge on any atom is 0.124 e. The van der Waals surface area contributed by atoms with E-state index in [1.54, 1.807) is 13.2 Å². The predicted molar refractivity (Wildman–Crippen MR) is 83.3 cm³/mol. The molecule has 0 unspecified atom stereocenters. The smallest absolute Gasteiger partial charge is 0.124 e. The van der Waals surface area contributed by atoms with Crippen molar-refractivity contribution in [3.05, 3.63) is 29.6 Å². The van der Waals surface area contributed by atoms with E-state index in [9.17, 15) is 4.39 Å². The molecule has 0 heterocycles. The Balaban J connectivity index is 2.51. The van der Waals surface area contributed by atoms with Crippen LogP contribution < -0.4 is 10.1 Å². The molecule has 0 radical (unpaired) electrons. The monoisotopic (exact) mass is 298 g/mol. The van der Waals surface area contributed by atoms with E-state index < -0.39 is 0 Å². The van der Waals surface area contributed by atoms with Crippen molar-refractivity contribution >= 4 is 0 Å². The van der Waals surface area contributed by atoms with Gasteiger partial charge in [-0.1, -0.05) is 13.8 Å². The zero-order chi connectivity index (χ0) is 15.5. The number of ether oxygens (including phenoxy) is 2. The summed E-state index contributed by atoms with van der Waals surface area (Å²) in [5, 5.41) is 3.21. The second kappa shape index (κ2) is 10.5. The van der Waals surface area contributed by atoms with E-state index in [4.69, 9.17) is 9.47 Å². The normalized spacial score (nSPS) is 11.1. The average molecular weight is 298 g/mol. The first-order chi connectivity index (χ1) is 10.2. The van der Waals surface area contributed by atoms with Gasteiger partial charge in [0.1, 0.15) is 18.2 Å². The van der Waals surface area contributed by atoms with Crippen molar-refractivity contribution in [2.75, 3.05) is 46.5 Å². The van der Waals surface area contributed by atoms with E-state index >= 15 is 0 Å². The lowest BCUT2D eigenvalue weighted by Gasteiger charge is -2.19. The third kappa shape index (κ3) is 6.89. The molecule has 120 valence electrons. The lowest BCUT2D eigenvalue weighted by atomic mass is 10.2. The van der Waals surface area contributed by atoms with Crippen molar-refractivity contribution in [3.63, 3.8) is 0 Å². The maximum absolute atomic E-state index is 13.4. The molecule has 0 aliphatic carbocycles. The minimum atomic E-state index is -0.241. The summed E-state index contributed by atoms with van der Waals surface area (Å²) in [7, 11) is 1.66. The van der Waals surface area contributed by atoms with Crippen LogP contribution in [0.1, 0.15) is 19.4 Å². The summed E-state index contributed by atoms with van der Waals surface area (Å²) in [6, 6.07) is 4.66. The molecule has 0 bridgehead atoms. The first-order valence-electron chi connectivity index (χ1n) is 7.54. The Morgan fingerprint density at radius 1 is 1.19 bits per heavy atom. The highest BCUT2D eigenvalue weighted by atomic mass is 19.1.